The van der Waals surface area contributed by atoms with Crippen molar-refractivity contribution in [1.29, 1.82) is 0 Å². The molecule has 48 heavy (non-hydrogen) atoms. The number of aromatic nitrogens is 2. The van der Waals surface area contributed by atoms with E-state index in [0.717, 1.165) is 10.3 Å². The molecular formula is C38H52N4O4S2. The molecule has 4 heterocycles. The Labute approximate surface area is 293 Å². The van der Waals surface area contributed by atoms with Gasteiger partial charge in [-0.25, -0.2) is 0 Å². The van der Waals surface area contributed by atoms with Gasteiger partial charge in [-0.1, -0.05) is 107 Å². The number of fused-ring (bicyclic) bond motifs is 2. The Morgan fingerprint density at radius 3 is 1.50 bits per heavy atom. The molecule has 2 amide bonds. The van der Waals surface area contributed by atoms with Gasteiger partial charge in [-0.2, -0.15) is 0 Å². The van der Waals surface area contributed by atoms with Gasteiger partial charge in [-0.05, 0) is 47.2 Å². The monoisotopic (exact) mass is 692 g/mol. The topological polar surface area (TPSA) is 124 Å². The fourth-order valence-corrected chi connectivity index (χ4v) is 5.23. The van der Waals surface area contributed by atoms with E-state index in [2.05, 4.69) is 20.6 Å². The Hall–Kier alpha value is -4.80. The number of aromatic amines is 2. The molecule has 0 atom stereocenters. The largest absolute Gasteiger partial charge is 0.359 e. The third kappa shape index (κ3) is 12.4. The zero-order valence-corrected chi connectivity index (χ0v) is 29.3. The van der Waals surface area contributed by atoms with Crippen LogP contribution in [0.1, 0.15) is 91.0 Å². The number of anilines is 2. The Balaban J connectivity index is 0. The number of carbonyl (C=O) groups excluding carboxylic acids is 2. The lowest BCUT2D eigenvalue weighted by molar-refractivity contribution is 0.101. The molecule has 2 aromatic carbocycles. The van der Waals surface area contributed by atoms with Crippen molar-refractivity contribution in [3.05, 3.63) is 128 Å². The average Bonchev–Trinajstić information content (AvgIpc) is 3.81. The first kappa shape index (κ1) is 45.3. The fraction of sp³-hybridized carbons (Fsp3) is 0.263. The van der Waals surface area contributed by atoms with Gasteiger partial charge in [0.2, 0.25) is 10.9 Å². The van der Waals surface area contributed by atoms with Crippen molar-refractivity contribution in [2.75, 3.05) is 10.6 Å². The maximum Gasteiger partial charge on any atom is 0.261 e. The van der Waals surface area contributed by atoms with E-state index >= 15 is 0 Å². The number of para-hydroxylation sites is 2. The van der Waals surface area contributed by atoms with E-state index in [9.17, 15) is 19.2 Å². The van der Waals surface area contributed by atoms with Gasteiger partial charge in [0.25, 0.3) is 11.8 Å². The zero-order valence-electron chi connectivity index (χ0n) is 27.7. The summed E-state index contributed by atoms with van der Waals surface area (Å²) in [5.74, 6) is -0.802. The van der Waals surface area contributed by atoms with Crippen molar-refractivity contribution < 1.29 is 9.59 Å². The van der Waals surface area contributed by atoms with Crippen LogP contribution < -0.4 is 21.5 Å². The van der Waals surface area contributed by atoms with Gasteiger partial charge < -0.3 is 20.6 Å². The second kappa shape index (κ2) is 25.3. The van der Waals surface area contributed by atoms with Gasteiger partial charge >= 0.3 is 0 Å². The highest BCUT2D eigenvalue weighted by Crippen LogP contribution is 2.16. The number of thiophene rings is 2. The molecule has 10 heteroatoms. The van der Waals surface area contributed by atoms with E-state index in [1.54, 1.807) is 30.3 Å². The zero-order chi connectivity index (χ0) is 34.5. The maximum absolute atomic E-state index is 12.2. The number of carbonyl (C=O) groups is 2. The van der Waals surface area contributed by atoms with E-state index in [1.807, 2.05) is 109 Å². The Kier molecular flexibility index (Phi) is 23.9. The van der Waals surface area contributed by atoms with Crippen LogP contribution in [0.15, 0.2) is 106 Å². The van der Waals surface area contributed by atoms with E-state index in [1.165, 1.54) is 35.1 Å². The minimum Gasteiger partial charge on any atom is -0.359 e. The van der Waals surface area contributed by atoms with Gasteiger partial charge in [-0.15, -0.1) is 22.7 Å². The molecule has 260 valence electrons. The first-order chi connectivity index (χ1) is 22.5. The molecule has 0 fully saturated rings. The van der Waals surface area contributed by atoms with Crippen LogP contribution in [0.3, 0.4) is 0 Å². The summed E-state index contributed by atoms with van der Waals surface area (Å²) in [5.41, 5.74) is 1.84. The van der Waals surface area contributed by atoms with Crippen LogP contribution in [0.25, 0.3) is 20.4 Å². The summed E-state index contributed by atoms with van der Waals surface area (Å²) in [6.07, 6.45) is 2.91. The summed E-state index contributed by atoms with van der Waals surface area (Å²) in [6, 6.07) is 21.6. The van der Waals surface area contributed by atoms with E-state index < -0.39 is 11.8 Å². The molecule has 0 saturated carbocycles. The van der Waals surface area contributed by atoms with Crippen LogP contribution in [-0.2, 0) is 0 Å². The van der Waals surface area contributed by atoms with Crippen LogP contribution in [0.4, 0.5) is 11.4 Å². The number of nitrogens with one attached hydrogen (secondary N) is 4. The highest BCUT2D eigenvalue weighted by molar-refractivity contribution is 7.17. The molecule has 0 unspecified atom stereocenters. The molecule has 6 aromatic rings. The summed E-state index contributed by atoms with van der Waals surface area (Å²) >= 11 is 2.77. The van der Waals surface area contributed by atoms with Crippen LogP contribution in [0, 0.1) is 0 Å². The van der Waals surface area contributed by atoms with Crippen LogP contribution >= 0.6 is 22.7 Å². The Bertz CT molecular complexity index is 1720. The number of benzene rings is 2. The summed E-state index contributed by atoms with van der Waals surface area (Å²) in [7, 11) is 0. The molecule has 8 nitrogen and oxygen atoms in total. The number of H-pyrrole nitrogens is 2. The molecule has 0 radical (unpaired) electrons. The molecule has 0 saturated heterocycles. The molecular weight excluding hydrogens is 641 g/mol. The Morgan fingerprint density at radius 2 is 1.00 bits per heavy atom. The third-order valence-corrected chi connectivity index (χ3v) is 7.30. The van der Waals surface area contributed by atoms with Gasteiger partial charge in [0.1, 0.15) is 16.0 Å². The summed E-state index contributed by atoms with van der Waals surface area (Å²) in [5, 5.41) is 9.59. The summed E-state index contributed by atoms with van der Waals surface area (Å²) in [6.45, 7) is 16.0. The van der Waals surface area contributed by atoms with Crippen molar-refractivity contribution >= 4 is 66.3 Å². The molecule has 0 spiro atoms. The highest BCUT2D eigenvalue weighted by Gasteiger charge is 2.14. The molecule has 0 aliphatic heterocycles. The fourth-order valence-electron chi connectivity index (χ4n) is 3.66. The predicted octanol–water partition coefficient (Wildman–Crippen LogP) is 11.1. The predicted molar refractivity (Wildman–Crippen MR) is 213 cm³/mol. The quantitative estimate of drug-likeness (QED) is 0.147. The van der Waals surface area contributed by atoms with Gasteiger partial charge in [0, 0.05) is 23.8 Å². The molecule has 0 bridgehead atoms. The first-order valence-electron chi connectivity index (χ1n) is 15.4. The minimum atomic E-state index is -0.402. The van der Waals surface area contributed by atoms with Crippen LogP contribution in [0.2, 0.25) is 0 Å². The highest BCUT2D eigenvalue weighted by atomic mass is 32.1. The average molecular weight is 693 g/mol. The van der Waals surface area contributed by atoms with Gasteiger partial charge in [0.15, 0.2) is 0 Å². The maximum atomic E-state index is 12.2. The van der Waals surface area contributed by atoms with Crippen molar-refractivity contribution in [3.8, 4) is 0 Å². The van der Waals surface area contributed by atoms with Crippen LogP contribution in [-0.4, -0.2) is 21.8 Å². The second-order valence-electron chi connectivity index (χ2n) is 8.03. The minimum absolute atomic E-state index is 0. The van der Waals surface area contributed by atoms with Gasteiger partial charge in [-0.3, -0.25) is 19.2 Å². The van der Waals surface area contributed by atoms with E-state index in [-0.39, 0.29) is 36.8 Å². The van der Waals surface area contributed by atoms with Crippen molar-refractivity contribution in [1.82, 2.24) is 9.97 Å². The Morgan fingerprint density at radius 1 is 0.562 bits per heavy atom. The number of hydrogen-bond acceptors (Lipinski definition) is 6. The lowest BCUT2D eigenvalue weighted by Crippen LogP contribution is -2.21. The van der Waals surface area contributed by atoms with Crippen molar-refractivity contribution in [2.45, 2.75) is 70.2 Å². The molecule has 0 aliphatic carbocycles. The number of rotatable bonds is 4. The first-order valence-corrected chi connectivity index (χ1v) is 17.2. The van der Waals surface area contributed by atoms with E-state index in [0.29, 0.717) is 21.5 Å². The van der Waals surface area contributed by atoms with Crippen molar-refractivity contribution in [3.63, 3.8) is 0 Å². The standard InChI is InChI=1S/2C14H10N2O2S.4C2H6.2CH4/c17-12-10(8-15-11-6-7-19-13(11)12)14(18)16-9-4-2-1-3-5-9;17-12-10-6-7-19-14(10)15-8-11(12)13(18)16-9-4-2-1-3-5-9;4*1-2;;/h2*1-8H,(H,15,17)(H,16,18);4*1-2H3;2*1H4. The number of hydrogen-bond donors (Lipinski definition) is 4. The van der Waals surface area contributed by atoms with Gasteiger partial charge in [0.05, 0.1) is 15.6 Å². The smallest absolute Gasteiger partial charge is 0.261 e. The lowest BCUT2D eigenvalue weighted by atomic mass is 10.2. The second-order valence-corrected chi connectivity index (χ2v) is 9.86. The van der Waals surface area contributed by atoms with E-state index in [4.69, 9.17) is 0 Å². The number of amides is 2. The molecule has 0 aliphatic rings. The number of pyridine rings is 2. The summed E-state index contributed by atoms with van der Waals surface area (Å²) < 4.78 is 0.570. The molecule has 4 aromatic heterocycles. The summed E-state index contributed by atoms with van der Waals surface area (Å²) in [4.78, 5) is 55.1. The lowest BCUT2D eigenvalue weighted by Gasteiger charge is -2.04. The molecule has 6 rings (SSSR count). The molecule has 4 N–H and O–H groups in total. The van der Waals surface area contributed by atoms with Crippen molar-refractivity contribution in [2.24, 2.45) is 0 Å². The third-order valence-electron chi connectivity index (χ3n) is 5.54. The normalized spacial score (nSPS) is 8.83. The van der Waals surface area contributed by atoms with Crippen LogP contribution in [0.5, 0.6) is 0 Å². The SMILES string of the molecule is C.C.CC.CC.CC.CC.O=C(Nc1ccccc1)c1c[nH]c2ccsc2c1=O.O=C(Nc1ccccc1)c1c[nH]c2sccc2c1=O.